The van der Waals surface area contributed by atoms with Crippen LogP contribution in [0.1, 0.15) is 19.4 Å². The molecule has 0 saturated carbocycles. The zero-order valence-electron chi connectivity index (χ0n) is 14.8. The van der Waals surface area contributed by atoms with E-state index < -0.39 is 21.5 Å². The summed E-state index contributed by atoms with van der Waals surface area (Å²) in [6, 6.07) is 7.35. The highest BCUT2D eigenvalue weighted by Gasteiger charge is 2.33. The number of anilines is 1. The summed E-state index contributed by atoms with van der Waals surface area (Å²) in [6.07, 6.45) is 1.45. The van der Waals surface area contributed by atoms with Gasteiger partial charge in [0.15, 0.2) is 0 Å². The zero-order chi connectivity index (χ0) is 19.5. The fraction of sp³-hybridized carbons (Fsp3) is 0.294. The molecule has 1 aromatic carbocycles. The summed E-state index contributed by atoms with van der Waals surface area (Å²) < 4.78 is 32.4. The quantitative estimate of drug-likeness (QED) is 0.781. The summed E-state index contributed by atoms with van der Waals surface area (Å²) in [4.78, 5) is 16.6. The summed E-state index contributed by atoms with van der Waals surface area (Å²) in [5.41, 5.74) is -0.193. The van der Waals surface area contributed by atoms with Crippen LogP contribution in [0.5, 0.6) is 5.88 Å². The molecule has 0 bridgehead atoms. The van der Waals surface area contributed by atoms with Crippen molar-refractivity contribution in [3.05, 3.63) is 47.1 Å². The molecule has 0 radical (unpaired) electrons. The summed E-state index contributed by atoms with van der Waals surface area (Å²) in [6.45, 7) is 4.73. The first-order valence-electron chi connectivity index (χ1n) is 7.67. The third kappa shape index (κ3) is 4.72. The fourth-order valence-corrected chi connectivity index (χ4v) is 3.61. The number of nitrogens with zero attached hydrogens (tertiary/aromatic N) is 1. The minimum absolute atomic E-state index is 0.0186. The number of hydrogen-bond acceptors (Lipinski definition) is 5. The van der Waals surface area contributed by atoms with E-state index >= 15 is 0 Å². The number of rotatable bonds is 6. The van der Waals surface area contributed by atoms with Gasteiger partial charge in [0.1, 0.15) is 5.54 Å². The predicted molar refractivity (Wildman–Crippen MR) is 100 cm³/mol. The molecule has 9 heteroatoms. The molecule has 2 rings (SSSR count). The molecule has 2 N–H and O–H groups in total. The van der Waals surface area contributed by atoms with E-state index in [4.69, 9.17) is 16.3 Å². The van der Waals surface area contributed by atoms with Gasteiger partial charge in [-0.2, -0.15) is 4.72 Å². The van der Waals surface area contributed by atoms with E-state index in [9.17, 15) is 13.2 Å². The highest BCUT2D eigenvalue weighted by Crippen LogP contribution is 2.21. The van der Waals surface area contributed by atoms with Crippen molar-refractivity contribution in [2.45, 2.75) is 31.2 Å². The number of aromatic nitrogens is 1. The van der Waals surface area contributed by atoms with E-state index in [1.165, 1.54) is 51.4 Å². The molecule has 0 unspecified atom stereocenters. The number of pyridine rings is 1. The van der Waals surface area contributed by atoms with Crippen LogP contribution in [-0.2, 0) is 14.8 Å². The van der Waals surface area contributed by atoms with Gasteiger partial charge < -0.3 is 10.1 Å². The van der Waals surface area contributed by atoms with Crippen molar-refractivity contribution in [1.82, 2.24) is 9.71 Å². The summed E-state index contributed by atoms with van der Waals surface area (Å²) >= 11 is 5.78. The number of hydrogen-bond donors (Lipinski definition) is 2. The lowest BCUT2D eigenvalue weighted by Gasteiger charge is -2.25. The Morgan fingerprint density at radius 1 is 1.23 bits per heavy atom. The fourth-order valence-electron chi connectivity index (χ4n) is 2.11. The lowest BCUT2D eigenvalue weighted by Crippen LogP contribution is -2.52. The Bertz CT molecular complexity index is 912. The smallest absolute Gasteiger partial charge is 0.245 e. The number of methoxy groups -OCH3 is 1. The number of ether oxygens (including phenoxy) is 1. The van der Waals surface area contributed by atoms with Crippen LogP contribution in [0.25, 0.3) is 0 Å². The van der Waals surface area contributed by atoms with Gasteiger partial charge in [-0.1, -0.05) is 11.6 Å². The highest BCUT2D eigenvalue weighted by molar-refractivity contribution is 7.89. The first-order chi connectivity index (χ1) is 12.0. The number of benzene rings is 1. The number of carbonyl (C=O) groups is 1. The van der Waals surface area contributed by atoms with Crippen LogP contribution in [0, 0.1) is 6.92 Å². The van der Waals surface area contributed by atoms with Gasteiger partial charge in [-0.05, 0) is 50.6 Å². The molecule has 26 heavy (non-hydrogen) atoms. The third-order valence-electron chi connectivity index (χ3n) is 3.62. The number of sulfonamides is 1. The highest BCUT2D eigenvalue weighted by atomic mass is 35.5. The Labute approximate surface area is 157 Å². The molecular formula is C17H20ClN3O4S. The second-order valence-corrected chi connectivity index (χ2v) is 8.30. The summed E-state index contributed by atoms with van der Waals surface area (Å²) in [7, 11) is -2.40. The lowest BCUT2D eigenvalue weighted by molar-refractivity contribution is -0.120. The summed E-state index contributed by atoms with van der Waals surface area (Å²) in [5.74, 6) is -0.103. The van der Waals surface area contributed by atoms with Crippen molar-refractivity contribution in [1.29, 1.82) is 0 Å². The molecule has 1 amide bonds. The maximum atomic E-state index is 12.6. The molecule has 0 aliphatic rings. The standard InChI is InChI=1S/C17H20ClN3O4S/c1-11-9-15(25-4)19-10-14(11)20-16(22)17(2,3)21-26(23,24)13-7-5-12(18)6-8-13/h5-10,21H,1-4H3,(H,20,22). The number of halogens is 1. The van der Waals surface area contributed by atoms with Crippen molar-refractivity contribution in [3.63, 3.8) is 0 Å². The summed E-state index contributed by atoms with van der Waals surface area (Å²) in [5, 5.41) is 3.10. The van der Waals surface area contributed by atoms with Crippen molar-refractivity contribution < 1.29 is 17.9 Å². The van der Waals surface area contributed by atoms with Crippen LogP contribution in [-0.4, -0.2) is 32.0 Å². The van der Waals surface area contributed by atoms with Crippen LogP contribution in [0.4, 0.5) is 5.69 Å². The molecule has 2 aromatic rings. The Hall–Kier alpha value is -2.16. The van der Waals surface area contributed by atoms with Gasteiger partial charge in [0.25, 0.3) is 0 Å². The van der Waals surface area contributed by atoms with E-state index in [1.54, 1.807) is 13.0 Å². The maximum absolute atomic E-state index is 12.6. The zero-order valence-corrected chi connectivity index (χ0v) is 16.4. The average molecular weight is 398 g/mol. The van der Waals surface area contributed by atoms with Crippen molar-refractivity contribution in [2.24, 2.45) is 0 Å². The molecular weight excluding hydrogens is 378 g/mol. The first kappa shape index (κ1) is 20.2. The third-order valence-corrected chi connectivity index (χ3v) is 5.55. The maximum Gasteiger partial charge on any atom is 0.245 e. The van der Waals surface area contributed by atoms with Crippen LogP contribution >= 0.6 is 11.6 Å². The molecule has 0 atom stereocenters. The Morgan fingerprint density at radius 2 is 1.85 bits per heavy atom. The molecule has 1 heterocycles. The minimum atomic E-state index is -3.90. The van der Waals surface area contributed by atoms with Gasteiger partial charge in [-0.15, -0.1) is 0 Å². The van der Waals surface area contributed by atoms with E-state index in [0.29, 0.717) is 16.6 Å². The van der Waals surface area contributed by atoms with Gasteiger partial charge in [-0.25, -0.2) is 13.4 Å². The molecule has 0 fully saturated rings. The molecule has 1 aromatic heterocycles. The van der Waals surface area contributed by atoms with Crippen LogP contribution in [0.2, 0.25) is 5.02 Å². The Morgan fingerprint density at radius 3 is 2.38 bits per heavy atom. The van der Waals surface area contributed by atoms with E-state index in [2.05, 4.69) is 15.0 Å². The van der Waals surface area contributed by atoms with E-state index in [0.717, 1.165) is 5.56 Å². The predicted octanol–water partition coefficient (Wildman–Crippen LogP) is 2.75. The number of aryl methyl sites for hydroxylation is 1. The van der Waals surface area contributed by atoms with Gasteiger partial charge >= 0.3 is 0 Å². The van der Waals surface area contributed by atoms with Crippen molar-refractivity contribution in [3.8, 4) is 5.88 Å². The Kier molecular flexibility index (Phi) is 5.90. The average Bonchev–Trinajstić information content (AvgIpc) is 2.56. The Balaban J connectivity index is 2.18. The van der Waals surface area contributed by atoms with Gasteiger partial charge in [0.05, 0.1) is 23.9 Å². The van der Waals surface area contributed by atoms with E-state index in [1.807, 2.05) is 0 Å². The van der Waals surface area contributed by atoms with Crippen LogP contribution in [0.3, 0.4) is 0 Å². The van der Waals surface area contributed by atoms with E-state index in [-0.39, 0.29) is 4.90 Å². The van der Waals surface area contributed by atoms with Gasteiger partial charge in [-0.3, -0.25) is 4.79 Å². The van der Waals surface area contributed by atoms with Crippen molar-refractivity contribution >= 4 is 33.2 Å². The van der Waals surface area contributed by atoms with Crippen LogP contribution in [0.15, 0.2) is 41.4 Å². The second kappa shape index (κ2) is 7.61. The molecule has 0 spiro atoms. The molecule has 0 aliphatic carbocycles. The number of nitrogens with one attached hydrogen (secondary N) is 2. The van der Waals surface area contributed by atoms with Gasteiger partial charge in [0, 0.05) is 11.1 Å². The molecule has 7 nitrogen and oxygen atoms in total. The molecule has 0 saturated heterocycles. The number of carbonyl (C=O) groups excluding carboxylic acids is 1. The topological polar surface area (TPSA) is 97.4 Å². The monoisotopic (exact) mass is 397 g/mol. The van der Waals surface area contributed by atoms with Gasteiger partial charge in [0.2, 0.25) is 21.8 Å². The molecule has 140 valence electrons. The lowest BCUT2D eigenvalue weighted by atomic mass is 10.1. The van der Waals surface area contributed by atoms with Crippen LogP contribution < -0.4 is 14.8 Å². The second-order valence-electron chi connectivity index (χ2n) is 6.18. The molecule has 0 aliphatic heterocycles. The van der Waals surface area contributed by atoms with Crippen molar-refractivity contribution in [2.75, 3.05) is 12.4 Å². The normalized spacial score (nSPS) is 11.9. The SMILES string of the molecule is COc1cc(C)c(NC(=O)C(C)(C)NS(=O)(=O)c2ccc(Cl)cc2)cn1. The number of amides is 1. The first-order valence-corrected chi connectivity index (χ1v) is 9.53. The largest absolute Gasteiger partial charge is 0.481 e. The minimum Gasteiger partial charge on any atom is -0.481 e.